The smallest absolute Gasteiger partial charge is 0.271 e. The lowest BCUT2D eigenvalue weighted by atomic mass is 10.1. The molecule has 2 rings (SSSR count). The molecule has 1 aromatic heterocycles. The minimum Gasteiger partial charge on any atom is -0.490 e. The molecule has 0 spiro atoms. The van der Waals surface area contributed by atoms with Gasteiger partial charge in [0, 0.05) is 6.07 Å². The predicted octanol–water partition coefficient (Wildman–Crippen LogP) is 2.03. The summed E-state index contributed by atoms with van der Waals surface area (Å²) in [6.07, 6.45) is 1.56. The van der Waals surface area contributed by atoms with Gasteiger partial charge in [-0.15, -0.1) is 0 Å². The topological polar surface area (TPSA) is 93.9 Å². The van der Waals surface area contributed by atoms with E-state index in [0.29, 0.717) is 12.5 Å². The van der Waals surface area contributed by atoms with Crippen LogP contribution < -0.4 is 10.5 Å². The Kier molecular flexibility index (Phi) is 4.46. The summed E-state index contributed by atoms with van der Waals surface area (Å²) in [5.74, 6) is -2.73. The van der Waals surface area contributed by atoms with E-state index in [0.717, 1.165) is 12.5 Å². The number of aromatic nitrogens is 3. The van der Waals surface area contributed by atoms with E-state index < -0.39 is 17.5 Å². The number of nitrogens with zero attached hydrogens (tertiary/aromatic N) is 2. The van der Waals surface area contributed by atoms with Gasteiger partial charge < -0.3 is 10.5 Å². The molecule has 0 aliphatic heterocycles. The number of ether oxygens (including phenoxy) is 1. The van der Waals surface area contributed by atoms with Crippen LogP contribution in [0.4, 0.5) is 8.78 Å². The first-order chi connectivity index (χ1) is 10.0. The van der Waals surface area contributed by atoms with E-state index in [1.54, 1.807) is 0 Å². The van der Waals surface area contributed by atoms with Crippen LogP contribution in [0.15, 0.2) is 12.1 Å². The summed E-state index contributed by atoms with van der Waals surface area (Å²) in [5, 5.41) is 9.52. The second kappa shape index (κ2) is 6.29. The SMILES string of the molecule is CCCCOc1c(F)cc(F)cc1-c1n[nH]nc1C(N)=O. The number of carbonyl (C=O) groups is 1. The van der Waals surface area contributed by atoms with Crippen LogP contribution in [0.1, 0.15) is 30.3 Å². The lowest BCUT2D eigenvalue weighted by molar-refractivity contribution is 0.0996. The zero-order valence-corrected chi connectivity index (χ0v) is 11.3. The van der Waals surface area contributed by atoms with Gasteiger partial charge in [0.2, 0.25) is 0 Å². The van der Waals surface area contributed by atoms with Gasteiger partial charge in [-0.25, -0.2) is 8.78 Å². The van der Waals surface area contributed by atoms with Crippen LogP contribution >= 0.6 is 0 Å². The van der Waals surface area contributed by atoms with Crippen LogP contribution in [-0.4, -0.2) is 27.9 Å². The van der Waals surface area contributed by atoms with Gasteiger partial charge in [0.25, 0.3) is 5.91 Å². The van der Waals surface area contributed by atoms with Crippen molar-refractivity contribution in [3.05, 3.63) is 29.5 Å². The fourth-order valence-corrected chi connectivity index (χ4v) is 1.79. The Labute approximate surface area is 119 Å². The number of carbonyl (C=O) groups excluding carboxylic acids is 1. The van der Waals surface area contributed by atoms with E-state index in [-0.39, 0.29) is 29.3 Å². The van der Waals surface area contributed by atoms with Crippen molar-refractivity contribution in [2.45, 2.75) is 19.8 Å². The molecule has 0 fully saturated rings. The van der Waals surface area contributed by atoms with E-state index in [1.165, 1.54) is 0 Å². The van der Waals surface area contributed by atoms with Crippen LogP contribution in [0.2, 0.25) is 0 Å². The molecule has 0 aliphatic rings. The van der Waals surface area contributed by atoms with Crippen LogP contribution in [0.3, 0.4) is 0 Å². The average Bonchev–Trinajstić information content (AvgIpc) is 2.90. The number of unbranched alkanes of at least 4 members (excludes halogenated alkanes) is 1. The quantitative estimate of drug-likeness (QED) is 0.797. The zero-order valence-electron chi connectivity index (χ0n) is 11.3. The fraction of sp³-hybridized carbons (Fsp3) is 0.308. The third kappa shape index (κ3) is 3.15. The Bertz CT molecular complexity index is 658. The van der Waals surface area contributed by atoms with Gasteiger partial charge in [0.15, 0.2) is 17.3 Å². The highest BCUT2D eigenvalue weighted by molar-refractivity contribution is 5.97. The second-order valence-electron chi connectivity index (χ2n) is 4.35. The molecule has 0 saturated heterocycles. The molecule has 0 atom stereocenters. The van der Waals surface area contributed by atoms with Crippen LogP contribution in [0.25, 0.3) is 11.3 Å². The van der Waals surface area contributed by atoms with Crippen molar-refractivity contribution in [3.8, 4) is 17.0 Å². The highest BCUT2D eigenvalue weighted by Gasteiger charge is 2.22. The molecule has 1 aromatic carbocycles. The van der Waals surface area contributed by atoms with Crippen molar-refractivity contribution >= 4 is 5.91 Å². The van der Waals surface area contributed by atoms with E-state index in [9.17, 15) is 13.6 Å². The van der Waals surface area contributed by atoms with Crippen molar-refractivity contribution in [1.29, 1.82) is 0 Å². The normalized spacial score (nSPS) is 10.6. The third-order valence-electron chi connectivity index (χ3n) is 2.79. The number of H-pyrrole nitrogens is 1. The lowest BCUT2D eigenvalue weighted by Gasteiger charge is -2.11. The number of primary amides is 1. The molecule has 3 N–H and O–H groups in total. The fourth-order valence-electron chi connectivity index (χ4n) is 1.79. The van der Waals surface area contributed by atoms with Gasteiger partial charge in [-0.3, -0.25) is 4.79 Å². The van der Waals surface area contributed by atoms with Crippen molar-refractivity contribution in [2.24, 2.45) is 5.73 Å². The molecular formula is C13H14F2N4O2. The summed E-state index contributed by atoms with van der Waals surface area (Å²) in [5.41, 5.74) is 4.89. The maximum Gasteiger partial charge on any atom is 0.271 e. The number of rotatable bonds is 6. The van der Waals surface area contributed by atoms with Gasteiger partial charge >= 0.3 is 0 Å². The largest absolute Gasteiger partial charge is 0.490 e. The molecule has 0 aliphatic carbocycles. The maximum absolute atomic E-state index is 13.9. The second-order valence-corrected chi connectivity index (χ2v) is 4.35. The van der Waals surface area contributed by atoms with Gasteiger partial charge in [0.1, 0.15) is 11.5 Å². The van der Waals surface area contributed by atoms with Crippen molar-refractivity contribution < 1.29 is 18.3 Å². The van der Waals surface area contributed by atoms with Crippen molar-refractivity contribution in [1.82, 2.24) is 15.4 Å². The van der Waals surface area contributed by atoms with Crippen molar-refractivity contribution in [2.75, 3.05) is 6.61 Å². The zero-order chi connectivity index (χ0) is 15.4. The molecule has 2 aromatic rings. The number of halogens is 2. The number of hydrogen-bond donors (Lipinski definition) is 2. The summed E-state index contributed by atoms with van der Waals surface area (Å²) in [4.78, 5) is 11.3. The minimum absolute atomic E-state index is 0.00819. The maximum atomic E-state index is 13.9. The summed E-state index contributed by atoms with van der Waals surface area (Å²) in [6.45, 7) is 2.21. The van der Waals surface area contributed by atoms with Crippen molar-refractivity contribution in [3.63, 3.8) is 0 Å². The van der Waals surface area contributed by atoms with E-state index in [1.807, 2.05) is 6.92 Å². The highest BCUT2D eigenvalue weighted by atomic mass is 19.1. The summed E-state index contributed by atoms with van der Waals surface area (Å²) >= 11 is 0. The van der Waals surface area contributed by atoms with Crippen LogP contribution in [0.5, 0.6) is 5.75 Å². The van der Waals surface area contributed by atoms with E-state index in [4.69, 9.17) is 10.5 Å². The monoisotopic (exact) mass is 296 g/mol. The molecular weight excluding hydrogens is 282 g/mol. The first kappa shape index (κ1) is 14.9. The Balaban J connectivity index is 2.50. The molecule has 0 unspecified atom stereocenters. The van der Waals surface area contributed by atoms with Crippen LogP contribution in [0, 0.1) is 11.6 Å². The van der Waals surface area contributed by atoms with Crippen LogP contribution in [-0.2, 0) is 0 Å². The molecule has 112 valence electrons. The summed E-state index contributed by atoms with van der Waals surface area (Å²) in [7, 11) is 0. The molecule has 8 heteroatoms. The molecule has 0 radical (unpaired) electrons. The Morgan fingerprint density at radius 2 is 2.14 bits per heavy atom. The lowest BCUT2D eigenvalue weighted by Crippen LogP contribution is -2.13. The summed E-state index contributed by atoms with van der Waals surface area (Å²) < 4.78 is 32.7. The molecule has 1 heterocycles. The van der Waals surface area contributed by atoms with Gasteiger partial charge in [0.05, 0.1) is 12.2 Å². The standard InChI is InChI=1S/C13H14F2N4O2/c1-2-3-4-21-12-8(5-7(14)6-9(12)15)10-11(13(16)20)18-19-17-10/h5-6H,2-4H2,1H3,(H2,16,20)(H,17,18,19). The molecule has 0 bridgehead atoms. The number of aromatic amines is 1. The number of amides is 1. The molecule has 21 heavy (non-hydrogen) atoms. The average molecular weight is 296 g/mol. The summed E-state index contributed by atoms with van der Waals surface area (Å²) in [6, 6.07) is 1.73. The molecule has 6 nitrogen and oxygen atoms in total. The molecule has 0 saturated carbocycles. The minimum atomic E-state index is -0.875. The van der Waals surface area contributed by atoms with E-state index in [2.05, 4.69) is 15.4 Å². The predicted molar refractivity (Wildman–Crippen MR) is 70.7 cm³/mol. The first-order valence-electron chi connectivity index (χ1n) is 6.37. The number of nitrogens with one attached hydrogen (secondary N) is 1. The molecule has 1 amide bonds. The van der Waals surface area contributed by atoms with E-state index >= 15 is 0 Å². The number of nitrogens with two attached hydrogens (primary N) is 1. The van der Waals surface area contributed by atoms with Gasteiger partial charge in [-0.2, -0.15) is 15.4 Å². The van der Waals surface area contributed by atoms with Gasteiger partial charge in [-0.1, -0.05) is 13.3 Å². The highest BCUT2D eigenvalue weighted by Crippen LogP contribution is 2.33. The number of hydrogen-bond acceptors (Lipinski definition) is 4. The first-order valence-corrected chi connectivity index (χ1v) is 6.37. The Morgan fingerprint density at radius 1 is 1.38 bits per heavy atom. The number of benzene rings is 1. The Hall–Kier alpha value is -2.51. The van der Waals surface area contributed by atoms with Gasteiger partial charge in [-0.05, 0) is 12.5 Å². The Morgan fingerprint density at radius 3 is 2.81 bits per heavy atom. The third-order valence-corrected chi connectivity index (χ3v) is 2.79.